The molecule has 1 atom stereocenters. The summed E-state index contributed by atoms with van der Waals surface area (Å²) in [5.41, 5.74) is 0.951. The Morgan fingerprint density at radius 3 is 3.18 bits per heavy atom. The average molecular weight is 238 g/mol. The summed E-state index contributed by atoms with van der Waals surface area (Å²) in [7, 11) is 3.50. The van der Waals surface area contributed by atoms with Gasteiger partial charge in [0.25, 0.3) is 0 Å². The van der Waals surface area contributed by atoms with Crippen molar-refractivity contribution in [2.75, 3.05) is 33.8 Å². The molecule has 1 aromatic rings. The van der Waals surface area contributed by atoms with Gasteiger partial charge in [-0.15, -0.1) is 0 Å². The van der Waals surface area contributed by atoms with E-state index in [1.54, 1.807) is 31.5 Å². The van der Waals surface area contributed by atoms with E-state index in [9.17, 15) is 4.79 Å². The molecule has 2 heterocycles. The van der Waals surface area contributed by atoms with Crippen molar-refractivity contribution in [3.05, 3.63) is 18.2 Å². The number of likely N-dealkylation sites (N-methyl/N-ethyl adjacent to an activating group) is 1. The zero-order valence-corrected chi connectivity index (χ0v) is 10.2. The van der Waals surface area contributed by atoms with Gasteiger partial charge in [0.15, 0.2) is 0 Å². The molecule has 1 amide bonds. The zero-order chi connectivity index (χ0) is 12.3. The highest BCUT2D eigenvalue weighted by Crippen LogP contribution is 2.18. The van der Waals surface area contributed by atoms with Crippen LogP contribution in [0.3, 0.4) is 0 Å². The zero-order valence-electron chi connectivity index (χ0n) is 10.2. The van der Waals surface area contributed by atoms with E-state index in [1.165, 1.54) is 0 Å². The van der Waals surface area contributed by atoms with Crippen molar-refractivity contribution >= 4 is 5.91 Å². The number of aromatic nitrogens is 2. The van der Waals surface area contributed by atoms with Crippen molar-refractivity contribution in [2.45, 2.75) is 12.6 Å². The SMILES string of the molecule is CN(C)C(=O)Cn1cncc1C1CNCCO1. The van der Waals surface area contributed by atoms with Gasteiger partial charge in [-0.2, -0.15) is 0 Å². The van der Waals surface area contributed by atoms with Crippen molar-refractivity contribution in [2.24, 2.45) is 0 Å². The summed E-state index contributed by atoms with van der Waals surface area (Å²) in [6, 6.07) is 0. The minimum atomic E-state index is -0.0128. The summed E-state index contributed by atoms with van der Waals surface area (Å²) >= 11 is 0. The van der Waals surface area contributed by atoms with Crippen LogP contribution in [0.15, 0.2) is 12.5 Å². The predicted octanol–water partition coefficient (Wildman–Crippen LogP) is -0.368. The fraction of sp³-hybridized carbons (Fsp3) is 0.636. The van der Waals surface area contributed by atoms with Crippen LogP contribution in [0.1, 0.15) is 11.8 Å². The summed E-state index contributed by atoms with van der Waals surface area (Å²) in [5, 5.41) is 3.26. The van der Waals surface area contributed by atoms with Gasteiger partial charge in [0.05, 0.1) is 24.8 Å². The van der Waals surface area contributed by atoms with Crippen LogP contribution < -0.4 is 5.32 Å². The fourth-order valence-electron chi connectivity index (χ4n) is 1.77. The minimum absolute atomic E-state index is 0.0128. The molecular weight excluding hydrogens is 220 g/mol. The Morgan fingerprint density at radius 2 is 2.53 bits per heavy atom. The molecule has 0 spiro atoms. The molecule has 94 valence electrons. The Balaban J connectivity index is 2.08. The smallest absolute Gasteiger partial charge is 0.242 e. The van der Waals surface area contributed by atoms with E-state index in [4.69, 9.17) is 4.74 Å². The highest BCUT2D eigenvalue weighted by Gasteiger charge is 2.20. The van der Waals surface area contributed by atoms with Crippen LogP contribution in [0.4, 0.5) is 0 Å². The Bertz CT molecular complexity index is 383. The van der Waals surface area contributed by atoms with Crippen LogP contribution in [0.2, 0.25) is 0 Å². The van der Waals surface area contributed by atoms with Gasteiger partial charge in [-0.05, 0) is 0 Å². The van der Waals surface area contributed by atoms with E-state index in [0.717, 1.165) is 18.8 Å². The fourth-order valence-corrected chi connectivity index (χ4v) is 1.77. The summed E-state index contributed by atoms with van der Waals surface area (Å²) in [4.78, 5) is 17.3. The quantitative estimate of drug-likeness (QED) is 0.780. The van der Waals surface area contributed by atoms with Crippen molar-refractivity contribution in [3.8, 4) is 0 Å². The highest BCUT2D eigenvalue weighted by atomic mass is 16.5. The van der Waals surface area contributed by atoms with E-state index < -0.39 is 0 Å². The minimum Gasteiger partial charge on any atom is -0.369 e. The molecule has 1 fully saturated rings. The maximum atomic E-state index is 11.7. The third kappa shape index (κ3) is 2.83. The monoisotopic (exact) mass is 238 g/mol. The van der Waals surface area contributed by atoms with Crippen LogP contribution >= 0.6 is 0 Å². The molecule has 17 heavy (non-hydrogen) atoms. The third-order valence-corrected chi connectivity index (χ3v) is 2.81. The Labute approximate surface area is 101 Å². The molecule has 6 heteroatoms. The summed E-state index contributed by atoms with van der Waals surface area (Å²) in [5.74, 6) is 0.0491. The largest absolute Gasteiger partial charge is 0.369 e. The van der Waals surface area contributed by atoms with Gasteiger partial charge >= 0.3 is 0 Å². The average Bonchev–Trinajstić information content (AvgIpc) is 2.78. The molecule has 0 saturated carbocycles. The van der Waals surface area contributed by atoms with Crippen LogP contribution in [0.25, 0.3) is 0 Å². The molecule has 1 aromatic heterocycles. The molecule has 6 nitrogen and oxygen atoms in total. The van der Waals surface area contributed by atoms with Gasteiger partial charge in [-0.1, -0.05) is 0 Å². The normalized spacial score (nSPS) is 20.2. The first-order valence-corrected chi connectivity index (χ1v) is 5.71. The molecule has 1 N–H and O–H groups in total. The van der Waals surface area contributed by atoms with Crippen molar-refractivity contribution in [1.29, 1.82) is 0 Å². The highest BCUT2D eigenvalue weighted by molar-refractivity contribution is 5.75. The number of hydrogen-bond acceptors (Lipinski definition) is 4. The lowest BCUT2D eigenvalue weighted by Crippen LogP contribution is -2.35. The lowest BCUT2D eigenvalue weighted by molar-refractivity contribution is -0.129. The first-order chi connectivity index (χ1) is 8.18. The number of ether oxygens (including phenoxy) is 1. The maximum Gasteiger partial charge on any atom is 0.242 e. The molecule has 1 unspecified atom stereocenters. The maximum absolute atomic E-state index is 11.7. The molecule has 1 aliphatic heterocycles. The first kappa shape index (κ1) is 12.1. The van der Waals surface area contributed by atoms with Crippen LogP contribution in [0.5, 0.6) is 0 Å². The second kappa shape index (κ2) is 5.29. The number of carbonyl (C=O) groups excluding carboxylic acids is 1. The van der Waals surface area contributed by atoms with Crippen molar-refractivity contribution in [3.63, 3.8) is 0 Å². The number of nitrogens with zero attached hydrogens (tertiary/aromatic N) is 3. The molecule has 1 aliphatic rings. The predicted molar refractivity (Wildman–Crippen MR) is 62.5 cm³/mol. The van der Waals surface area contributed by atoms with Crippen LogP contribution in [-0.4, -0.2) is 54.1 Å². The van der Waals surface area contributed by atoms with E-state index in [2.05, 4.69) is 10.3 Å². The third-order valence-electron chi connectivity index (χ3n) is 2.81. The molecule has 2 rings (SSSR count). The summed E-state index contributed by atoms with van der Waals surface area (Å²) in [6.07, 6.45) is 3.43. The lowest BCUT2D eigenvalue weighted by atomic mass is 10.2. The van der Waals surface area contributed by atoms with E-state index in [1.807, 2.05) is 4.57 Å². The van der Waals surface area contributed by atoms with E-state index in [0.29, 0.717) is 13.2 Å². The first-order valence-electron chi connectivity index (χ1n) is 5.71. The topological polar surface area (TPSA) is 59.4 Å². The number of imidazole rings is 1. The van der Waals surface area contributed by atoms with Gasteiger partial charge in [0, 0.05) is 27.2 Å². The number of nitrogens with one attached hydrogen (secondary N) is 1. The van der Waals surface area contributed by atoms with Gasteiger partial charge < -0.3 is 19.5 Å². The van der Waals surface area contributed by atoms with Crippen molar-refractivity contribution in [1.82, 2.24) is 19.8 Å². The van der Waals surface area contributed by atoms with Gasteiger partial charge in [-0.25, -0.2) is 4.98 Å². The van der Waals surface area contributed by atoms with Gasteiger partial charge in [0.1, 0.15) is 12.6 Å². The summed E-state index contributed by atoms with van der Waals surface area (Å²) < 4.78 is 7.50. The number of amides is 1. The molecule has 0 aromatic carbocycles. The Morgan fingerprint density at radius 1 is 1.71 bits per heavy atom. The summed E-state index contributed by atoms with van der Waals surface area (Å²) in [6.45, 7) is 2.64. The van der Waals surface area contributed by atoms with Crippen molar-refractivity contribution < 1.29 is 9.53 Å². The van der Waals surface area contributed by atoms with E-state index >= 15 is 0 Å². The van der Waals surface area contributed by atoms with Crippen LogP contribution in [0, 0.1) is 0 Å². The van der Waals surface area contributed by atoms with Gasteiger partial charge in [0.2, 0.25) is 5.91 Å². The van der Waals surface area contributed by atoms with Crippen LogP contribution in [-0.2, 0) is 16.1 Å². The Hall–Kier alpha value is -1.40. The molecule has 0 radical (unpaired) electrons. The molecule has 1 saturated heterocycles. The molecule has 0 aliphatic carbocycles. The molecule has 0 bridgehead atoms. The number of hydrogen-bond donors (Lipinski definition) is 1. The number of carbonyl (C=O) groups is 1. The molecular formula is C11H18N4O2. The second-order valence-electron chi connectivity index (χ2n) is 4.30. The van der Waals surface area contributed by atoms with E-state index in [-0.39, 0.29) is 12.0 Å². The standard InChI is InChI=1S/C11H18N4O2/c1-14(2)11(16)7-15-8-13-5-9(15)10-6-12-3-4-17-10/h5,8,10,12H,3-4,6-7H2,1-2H3. The lowest BCUT2D eigenvalue weighted by Gasteiger charge is -2.24. The van der Waals surface area contributed by atoms with Gasteiger partial charge in [-0.3, -0.25) is 4.79 Å². The number of rotatable bonds is 3. The number of morpholine rings is 1. The second-order valence-corrected chi connectivity index (χ2v) is 4.30. The Kier molecular flexibility index (Phi) is 3.75.